The van der Waals surface area contributed by atoms with Gasteiger partial charge in [0.2, 0.25) is 5.91 Å². The zero-order valence-electron chi connectivity index (χ0n) is 17.8. The molecule has 4 rings (SSSR count). The molecule has 31 heavy (non-hydrogen) atoms. The third-order valence-corrected chi connectivity index (χ3v) is 5.99. The van der Waals surface area contributed by atoms with Gasteiger partial charge in [0.15, 0.2) is 0 Å². The summed E-state index contributed by atoms with van der Waals surface area (Å²) < 4.78 is 10.7. The van der Waals surface area contributed by atoms with Crippen LogP contribution in [0.2, 0.25) is 0 Å². The van der Waals surface area contributed by atoms with Gasteiger partial charge in [-0.1, -0.05) is 18.2 Å². The van der Waals surface area contributed by atoms with Crippen LogP contribution in [0, 0.1) is 5.92 Å². The number of hydrogen-bond acceptors (Lipinski definition) is 7. The summed E-state index contributed by atoms with van der Waals surface area (Å²) in [6, 6.07) is 7.26. The third kappa shape index (κ3) is 4.88. The number of amides is 1. The summed E-state index contributed by atoms with van der Waals surface area (Å²) in [6.07, 6.45) is 6.17. The minimum Gasteiger partial charge on any atom is -0.382 e. The van der Waals surface area contributed by atoms with Gasteiger partial charge in [-0.15, -0.1) is 0 Å². The second-order valence-corrected chi connectivity index (χ2v) is 7.91. The van der Waals surface area contributed by atoms with Crippen LogP contribution in [0.3, 0.4) is 0 Å². The van der Waals surface area contributed by atoms with Gasteiger partial charge in [-0.25, -0.2) is 5.10 Å². The molecule has 1 amide bonds. The second kappa shape index (κ2) is 9.93. The van der Waals surface area contributed by atoms with Crippen molar-refractivity contribution in [3.63, 3.8) is 0 Å². The molecule has 9 nitrogen and oxygen atoms in total. The van der Waals surface area contributed by atoms with E-state index in [1.165, 1.54) is 0 Å². The Labute approximate surface area is 181 Å². The molecule has 1 aromatic heterocycles. The molecule has 0 radical (unpaired) electrons. The predicted octanol–water partition coefficient (Wildman–Crippen LogP) is 1.03. The van der Waals surface area contributed by atoms with E-state index in [4.69, 9.17) is 9.47 Å². The SMILES string of the molecule is COCCOCN1C=CNC1C1CCN(C(=O)Cc2n[nH]c(=O)c3ccccc23)CC1. The fourth-order valence-electron chi connectivity index (χ4n) is 4.29. The van der Waals surface area contributed by atoms with Gasteiger partial charge >= 0.3 is 0 Å². The zero-order valence-corrected chi connectivity index (χ0v) is 17.8. The Kier molecular flexibility index (Phi) is 6.83. The van der Waals surface area contributed by atoms with Crippen LogP contribution in [0.4, 0.5) is 0 Å². The second-order valence-electron chi connectivity index (χ2n) is 7.91. The summed E-state index contributed by atoms with van der Waals surface area (Å²) in [7, 11) is 1.66. The van der Waals surface area contributed by atoms with E-state index in [9.17, 15) is 9.59 Å². The Morgan fingerprint density at radius 2 is 1.97 bits per heavy atom. The van der Waals surface area contributed by atoms with E-state index in [1.54, 1.807) is 13.2 Å². The van der Waals surface area contributed by atoms with Crippen molar-refractivity contribution >= 4 is 16.7 Å². The van der Waals surface area contributed by atoms with E-state index in [0.29, 0.717) is 50.0 Å². The van der Waals surface area contributed by atoms with Crippen LogP contribution in [-0.4, -0.2) is 72.2 Å². The maximum atomic E-state index is 12.9. The molecule has 1 unspecified atom stereocenters. The number of aromatic amines is 1. The van der Waals surface area contributed by atoms with Crippen LogP contribution in [-0.2, 0) is 20.7 Å². The monoisotopic (exact) mass is 427 g/mol. The number of likely N-dealkylation sites (tertiary alicyclic amines) is 1. The Balaban J connectivity index is 1.31. The van der Waals surface area contributed by atoms with Gasteiger partial charge in [0.25, 0.3) is 5.56 Å². The number of aromatic nitrogens is 2. The Morgan fingerprint density at radius 1 is 1.19 bits per heavy atom. The van der Waals surface area contributed by atoms with E-state index < -0.39 is 0 Å². The third-order valence-electron chi connectivity index (χ3n) is 5.99. The lowest BCUT2D eigenvalue weighted by Crippen LogP contribution is -2.48. The van der Waals surface area contributed by atoms with Gasteiger partial charge in [0.05, 0.1) is 30.7 Å². The van der Waals surface area contributed by atoms with Crippen molar-refractivity contribution in [2.75, 3.05) is 40.1 Å². The highest BCUT2D eigenvalue weighted by Gasteiger charge is 2.32. The molecular weight excluding hydrogens is 398 g/mol. The van der Waals surface area contributed by atoms with Crippen LogP contribution < -0.4 is 10.9 Å². The van der Waals surface area contributed by atoms with Crippen molar-refractivity contribution in [3.05, 3.63) is 52.7 Å². The standard InChI is InChI=1S/C22H29N5O4/c1-30-12-13-31-15-27-11-8-23-21(27)16-6-9-26(10-7-16)20(28)14-19-17-4-2-3-5-18(17)22(29)25-24-19/h2-5,8,11,16,21,23H,6-7,9-10,12-15H2,1H3,(H,25,29). The number of ether oxygens (including phenoxy) is 2. The normalized spacial score (nSPS) is 19.2. The number of carbonyl (C=O) groups excluding carboxylic acids is 1. The van der Waals surface area contributed by atoms with Crippen molar-refractivity contribution in [3.8, 4) is 0 Å². The molecule has 1 atom stereocenters. The number of nitrogens with one attached hydrogen (secondary N) is 2. The van der Waals surface area contributed by atoms with Crippen LogP contribution in [0.15, 0.2) is 41.5 Å². The molecular formula is C22H29N5O4. The van der Waals surface area contributed by atoms with Gasteiger partial charge < -0.3 is 24.6 Å². The lowest BCUT2D eigenvalue weighted by Gasteiger charge is -2.38. The Morgan fingerprint density at radius 3 is 2.74 bits per heavy atom. The minimum atomic E-state index is -0.235. The number of piperidine rings is 1. The lowest BCUT2D eigenvalue weighted by molar-refractivity contribution is -0.132. The fourth-order valence-corrected chi connectivity index (χ4v) is 4.29. The quantitative estimate of drug-likeness (QED) is 0.607. The molecule has 9 heteroatoms. The van der Waals surface area contributed by atoms with Crippen molar-refractivity contribution < 1.29 is 14.3 Å². The molecule has 0 aliphatic carbocycles. The maximum absolute atomic E-state index is 12.9. The number of benzene rings is 1. The van der Waals surface area contributed by atoms with E-state index in [2.05, 4.69) is 20.4 Å². The number of rotatable bonds is 8. The summed E-state index contributed by atoms with van der Waals surface area (Å²) in [6.45, 7) is 3.08. The van der Waals surface area contributed by atoms with E-state index in [1.807, 2.05) is 35.5 Å². The molecule has 2 aliphatic rings. The van der Waals surface area contributed by atoms with Gasteiger partial charge in [-0.05, 0) is 18.9 Å². The number of H-pyrrole nitrogens is 1. The zero-order chi connectivity index (χ0) is 21.6. The smallest absolute Gasteiger partial charge is 0.272 e. The summed E-state index contributed by atoms with van der Waals surface area (Å²) in [4.78, 5) is 28.9. The van der Waals surface area contributed by atoms with Gasteiger partial charge in [0, 0.05) is 43.9 Å². The number of nitrogens with zero attached hydrogens (tertiary/aromatic N) is 3. The average Bonchev–Trinajstić information content (AvgIpc) is 3.27. The van der Waals surface area contributed by atoms with Crippen molar-refractivity contribution in [2.45, 2.75) is 25.4 Å². The summed E-state index contributed by atoms with van der Waals surface area (Å²) in [5.41, 5.74) is 0.379. The number of carbonyl (C=O) groups is 1. The van der Waals surface area contributed by atoms with Crippen molar-refractivity contribution in [1.82, 2.24) is 25.3 Å². The van der Waals surface area contributed by atoms with Crippen molar-refractivity contribution in [1.29, 1.82) is 0 Å². The number of methoxy groups -OCH3 is 1. The molecule has 2 aliphatic heterocycles. The highest BCUT2D eigenvalue weighted by molar-refractivity contribution is 5.88. The van der Waals surface area contributed by atoms with Crippen molar-refractivity contribution in [2.24, 2.45) is 5.92 Å². The minimum absolute atomic E-state index is 0.0420. The molecule has 3 heterocycles. The summed E-state index contributed by atoms with van der Waals surface area (Å²) in [5, 5.41) is 11.4. The van der Waals surface area contributed by atoms with Gasteiger partial charge in [-0.3, -0.25) is 9.59 Å². The number of fused-ring (bicyclic) bond motifs is 1. The first-order chi connectivity index (χ1) is 15.2. The van der Waals surface area contributed by atoms with E-state index in [-0.39, 0.29) is 24.1 Å². The first-order valence-corrected chi connectivity index (χ1v) is 10.7. The molecule has 0 spiro atoms. The summed E-state index contributed by atoms with van der Waals surface area (Å²) in [5.74, 6) is 0.470. The van der Waals surface area contributed by atoms with Crippen LogP contribution >= 0.6 is 0 Å². The largest absolute Gasteiger partial charge is 0.382 e. The first kappa shape index (κ1) is 21.3. The molecule has 1 fully saturated rings. The molecule has 1 aromatic carbocycles. The first-order valence-electron chi connectivity index (χ1n) is 10.7. The predicted molar refractivity (Wildman–Crippen MR) is 116 cm³/mol. The van der Waals surface area contributed by atoms with Crippen LogP contribution in [0.5, 0.6) is 0 Å². The molecule has 2 aromatic rings. The topological polar surface area (TPSA) is 99.8 Å². The average molecular weight is 428 g/mol. The molecule has 1 saturated heterocycles. The molecule has 0 saturated carbocycles. The van der Waals surface area contributed by atoms with Gasteiger partial charge in [-0.2, -0.15) is 5.10 Å². The highest BCUT2D eigenvalue weighted by Crippen LogP contribution is 2.26. The van der Waals surface area contributed by atoms with Crippen LogP contribution in [0.1, 0.15) is 18.5 Å². The van der Waals surface area contributed by atoms with Crippen LogP contribution in [0.25, 0.3) is 10.8 Å². The maximum Gasteiger partial charge on any atom is 0.272 e. The van der Waals surface area contributed by atoms with E-state index in [0.717, 1.165) is 18.2 Å². The Hall–Kier alpha value is -2.91. The Bertz CT molecular complexity index is 983. The van der Waals surface area contributed by atoms with E-state index >= 15 is 0 Å². The molecule has 166 valence electrons. The van der Waals surface area contributed by atoms with Gasteiger partial charge in [0.1, 0.15) is 12.9 Å². The highest BCUT2D eigenvalue weighted by atomic mass is 16.5. The summed E-state index contributed by atoms with van der Waals surface area (Å²) >= 11 is 0. The lowest BCUT2D eigenvalue weighted by atomic mass is 9.93. The molecule has 0 bridgehead atoms. The fraction of sp³-hybridized carbons (Fsp3) is 0.500. The number of hydrogen-bond donors (Lipinski definition) is 2. The molecule has 2 N–H and O–H groups in total.